The molecule has 1 atom stereocenters. The number of fused-ring (bicyclic) bond motifs is 1. The third-order valence-corrected chi connectivity index (χ3v) is 5.36. The fraction of sp³-hybridized carbons (Fsp3) is 0.304. The summed E-state index contributed by atoms with van der Waals surface area (Å²) in [6, 6.07) is 15.4. The second kappa shape index (κ2) is 8.10. The van der Waals surface area contributed by atoms with E-state index in [0.717, 1.165) is 16.8 Å². The molecule has 2 heterocycles. The van der Waals surface area contributed by atoms with Crippen LogP contribution in [0, 0.1) is 0 Å². The zero-order chi connectivity index (χ0) is 21.3. The van der Waals surface area contributed by atoms with Crippen LogP contribution in [-0.4, -0.2) is 33.1 Å². The summed E-state index contributed by atoms with van der Waals surface area (Å²) < 4.78 is 1.81. The molecule has 0 aliphatic carbocycles. The molecule has 0 saturated heterocycles. The number of carbonyl (C=O) groups excluding carboxylic acids is 2. The van der Waals surface area contributed by atoms with Gasteiger partial charge in [0.05, 0.1) is 5.92 Å². The number of carbonyl (C=O) groups is 2. The Morgan fingerprint density at radius 1 is 1.17 bits per heavy atom. The molecule has 1 aliphatic heterocycles. The maximum absolute atomic E-state index is 12.7. The van der Waals surface area contributed by atoms with E-state index in [1.807, 2.05) is 61.0 Å². The van der Waals surface area contributed by atoms with Crippen molar-refractivity contribution in [3.05, 3.63) is 77.4 Å². The number of benzene rings is 2. The fourth-order valence-corrected chi connectivity index (χ4v) is 3.70. The van der Waals surface area contributed by atoms with Crippen molar-refractivity contribution in [1.82, 2.24) is 20.1 Å². The number of aromatic nitrogens is 3. The van der Waals surface area contributed by atoms with Gasteiger partial charge in [-0.2, -0.15) is 5.10 Å². The lowest BCUT2D eigenvalue weighted by atomic mass is 9.98. The molecule has 154 valence electrons. The summed E-state index contributed by atoms with van der Waals surface area (Å²) in [4.78, 5) is 31.1. The summed E-state index contributed by atoms with van der Waals surface area (Å²) in [6.07, 6.45) is 1.71. The van der Waals surface area contributed by atoms with E-state index in [1.54, 1.807) is 24.2 Å². The van der Waals surface area contributed by atoms with Crippen molar-refractivity contribution < 1.29 is 9.59 Å². The highest BCUT2D eigenvalue weighted by atomic mass is 16.2. The Morgan fingerprint density at radius 3 is 2.60 bits per heavy atom. The van der Waals surface area contributed by atoms with Crippen LogP contribution in [0.4, 0.5) is 5.69 Å². The summed E-state index contributed by atoms with van der Waals surface area (Å²) in [7, 11) is 0. The van der Waals surface area contributed by atoms with E-state index in [0.29, 0.717) is 24.5 Å². The minimum atomic E-state index is -0.161. The van der Waals surface area contributed by atoms with Crippen LogP contribution >= 0.6 is 0 Å². The summed E-state index contributed by atoms with van der Waals surface area (Å²) in [5.41, 5.74) is 3.31. The van der Waals surface area contributed by atoms with Gasteiger partial charge in [-0.05, 0) is 43.2 Å². The molecule has 2 aromatic carbocycles. The third kappa shape index (κ3) is 3.83. The van der Waals surface area contributed by atoms with Gasteiger partial charge < -0.3 is 10.2 Å². The van der Waals surface area contributed by atoms with Crippen molar-refractivity contribution in [2.45, 2.75) is 39.3 Å². The Balaban J connectivity index is 1.62. The molecule has 0 unspecified atom stereocenters. The van der Waals surface area contributed by atoms with E-state index in [2.05, 4.69) is 15.4 Å². The van der Waals surface area contributed by atoms with Crippen molar-refractivity contribution in [2.24, 2.45) is 0 Å². The molecular formula is C23H25N5O2. The molecule has 0 fully saturated rings. The van der Waals surface area contributed by atoms with Crippen LogP contribution in [0.3, 0.4) is 0 Å². The quantitative estimate of drug-likeness (QED) is 0.709. The van der Waals surface area contributed by atoms with Crippen molar-refractivity contribution >= 4 is 17.5 Å². The minimum absolute atomic E-state index is 0.0386. The summed E-state index contributed by atoms with van der Waals surface area (Å²) in [5.74, 6) is 0.312. The number of nitrogens with zero attached hydrogens (tertiary/aromatic N) is 4. The molecule has 0 bridgehead atoms. The lowest BCUT2D eigenvalue weighted by Gasteiger charge is -2.15. The van der Waals surface area contributed by atoms with Crippen LogP contribution in [0.1, 0.15) is 60.0 Å². The zero-order valence-electron chi connectivity index (χ0n) is 17.4. The topological polar surface area (TPSA) is 80.1 Å². The smallest absolute Gasteiger partial charge is 0.251 e. The van der Waals surface area contributed by atoms with Crippen LogP contribution < -0.4 is 10.2 Å². The van der Waals surface area contributed by atoms with Gasteiger partial charge >= 0.3 is 0 Å². The van der Waals surface area contributed by atoms with Gasteiger partial charge in [0.2, 0.25) is 5.91 Å². The minimum Gasteiger partial charge on any atom is -0.348 e. The molecule has 3 aromatic rings. The lowest BCUT2D eigenvalue weighted by molar-refractivity contribution is -0.116. The second-order valence-electron chi connectivity index (χ2n) is 7.80. The second-order valence-corrected chi connectivity index (χ2v) is 7.80. The van der Waals surface area contributed by atoms with Crippen LogP contribution in [0.2, 0.25) is 0 Å². The molecule has 0 spiro atoms. The third-order valence-electron chi connectivity index (χ3n) is 5.36. The van der Waals surface area contributed by atoms with Gasteiger partial charge in [-0.15, -0.1) is 0 Å². The van der Waals surface area contributed by atoms with Gasteiger partial charge in [-0.1, -0.05) is 30.3 Å². The highest BCUT2D eigenvalue weighted by molar-refractivity contribution is 5.98. The Morgan fingerprint density at radius 2 is 1.93 bits per heavy atom. The number of rotatable bonds is 5. The van der Waals surface area contributed by atoms with E-state index in [4.69, 9.17) is 0 Å². The number of anilines is 1. The van der Waals surface area contributed by atoms with Gasteiger partial charge in [-0.25, -0.2) is 4.98 Å². The van der Waals surface area contributed by atoms with Crippen molar-refractivity contribution in [1.29, 1.82) is 0 Å². The van der Waals surface area contributed by atoms with Crippen LogP contribution in [0.25, 0.3) is 0 Å². The lowest BCUT2D eigenvalue weighted by Crippen LogP contribution is -2.27. The Labute approximate surface area is 175 Å². The normalized spacial score (nSPS) is 15.3. The molecule has 1 aliphatic rings. The maximum Gasteiger partial charge on any atom is 0.251 e. The predicted octanol–water partition coefficient (Wildman–Crippen LogP) is 3.29. The van der Waals surface area contributed by atoms with E-state index < -0.39 is 0 Å². The molecule has 2 amide bonds. The number of nitrogens with one attached hydrogen (secondary N) is 1. The number of amides is 2. The van der Waals surface area contributed by atoms with Crippen LogP contribution in [0.15, 0.2) is 54.9 Å². The number of hydrogen-bond acceptors (Lipinski definition) is 4. The van der Waals surface area contributed by atoms with Gasteiger partial charge in [0.1, 0.15) is 6.33 Å². The maximum atomic E-state index is 12.7. The predicted molar refractivity (Wildman–Crippen MR) is 114 cm³/mol. The average Bonchev–Trinajstić information content (AvgIpc) is 3.37. The highest BCUT2D eigenvalue weighted by Crippen LogP contribution is 2.39. The largest absolute Gasteiger partial charge is 0.348 e. The molecule has 0 radical (unpaired) electrons. The van der Waals surface area contributed by atoms with Gasteiger partial charge in [0.25, 0.3) is 5.91 Å². The van der Waals surface area contributed by atoms with Crippen molar-refractivity contribution in [3.8, 4) is 0 Å². The van der Waals surface area contributed by atoms with Gasteiger partial charge in [0, 0.05) is 37.3 Å². The van der Waals surface area contributed by atoms with Gasteiger partial charge in [0.15, 0.2) is 5.82 Å². The first-order valence-electron chi connectivity index (χ1n) is 10.1. The Kier molecular flexibility index (Phi) is 5.35. The molecule has 7 heteroatoms. The molecule has 0 saturated carbocycles. The molecule has 1 N–H and O–H groups in total. The first-order valence-corrected chi connectivity index (χ1v) is 10.1. The highest BCUT2D eigenvalue weighted by Gasteiger charge is 2.35. The molecule has 4 rings (SSSR count). The van der Waals surface area contributed by atoms with Crippen molar-refractivity contribution in [3.63, 3.8) is 0 Å². The van der Waals surface area contributed by atoms with Crippen LogP contribution in [0.5, 0.6) is 0 Å². The standard InChI is InChI=1S/C23H25N5O2/c1-15(2)28-14-25-22(26-28)20-13-27(16(3)29)21-10-9-18(11-19(20)21)23(30)24-12-17-7-5-4-6-8-17/h4-11,14-15,20H,12-13H2,1-3H3,(H,24,30)/t20-/m0/s1. The van der Waals surface area contributed by atoms with Crippen LogP contribution in [-0.2, 0) is 11.3 Å². The SMILES string of the molecule is CC(=O)N1C[C@H](c2ncn(C(C)C)n2)c2cc(C(=O)NCc3ccccc3)ccc21. The first-order chi connectivity index (χ1) is 14.4. The molecule has 1 aromatic heterocycles. The molecule has 7 nitrogen and oxygen atoms in total. The monoisotopic (exact) mass is 403 g/mol. The van der Waals surface area contributed by atoms with E-state index in [9.17, 15) is 9.59 Å². The first kappa shape index (κ1) is 19.8. The van der Waals surface area contributed by atoms with E-state index >= 15 is 0 Å². The van der Waals surface area contributed by atoms with E-state index in [1.165, 1.54) is 0 Å². The number of hydrogen-bond donors (Lipinski definition) is 1. The Bertz CT molecular complexity index is 1070. The van der Waals surface area contributed by atoms with Crippen molar-refractivity contribution in [2.75, 3.05) is 11.4 Å². The molecule has 30 heavy (non-hydrogen) atoms. The summed E-state index contributed by atoms with van der Waals surface area (Å²) in [5, 5.41) is 7.56. The van der Waals surface area contributed by atoms with E-state index in [-0.39, 0.29) is 23.8 Å². The molecular weight excluding hydrogens is 378 g/mol. The average molecular weight is 403 g/mol. The fourth-order valence-electron chi connectivity index (χ4n) is 3.70. The zero-order valence-corrected chi connectivity index (χ0v) is 17.4. The van der Waals surface area contributed by atoms with Gasteiger partial charge in [-0.3, -0.25) is 14.3 Å². The Hall–Kier alpha value is -3.48. The summed E-state index contributed by atoms with van der Waals surface area (Å²) >= 11 is 0. The summed E-state index contributed by atoms with van der Waals surface area (Å²) in [6.45, 7) is 6.56.